The van der Waals surface area contributed by atoms with E-state index in [9.17, 15) is 4.79 Å². The highest BCUT2D eigenvalue weighted by Gasteiger charge is 2.26. The molecule has 0 saturated carbocycles. The lowest BCUT2D eigenvalue weighted by Crippen LogP contribution is -2.49. The van der Waals surface area contributed by atoms with Gasteiger partial charge in [0.25, 0.3) is 0 Å². The highest BCUT2D eigenvalue weighted by atomic mass is 16.1. The molecule has 1 aliphatic rings. The zero-order valence-corrected chi connectivity index (χ0v) is 7.18. The smallest absolute Gasteiger partial charge is 0.144 e. The molecule has 0 spiro atoms. The Balaban J connectivity index is 2.47. The summed E-state index contributed by atoms with van der Waals surface area (Å²) in [6, 6.07) is 0. The first-order valence-electron chi connectivity index (χ1n) is 4.12. The molecule has 0 aromatic rings. The van der Waals surface area contributed by atoms with Crippen LogP contribution in [-0.4, -0.2) is 36.9 Å². The molecule has 2 heteroatoms. The number of piperidine rings is 1. The number of quaternary nitrogens is 1. The Morgan fingerprint density at radius 2 is 2.09 bits per heavy atom. The van der Waals surface area contributed by atoms with Gasteiger partial charge in [-0.2, -0.15) is 0 Å². The number of likely N-dealkylation sites (N-methyl/N-ethyl adjacent to an activating group) is 1. The minimum atomic E-state index is 0.421. The van der Waals surface area contributed by atoms with E-state index >= 15 is 0 Å². The molecule has 0 aromatic carbocycles. The molecule has 0 amide bonds. The molecule has 11 heavy (non-hydrogen) atoms. The van der Waals surface area contributed by atoms with Gasteiger partial charge >= 0.3 is 0 Å². The number of hydrogen-bond acceptors (Lipinski definition) is 1. The lowest BCUT2D eigenvalue weighted by Gasteiger charge is -2.36. The molecule has 0 bridgehead atoms. The van der Waals surface area contributed by atoms with E-state index in [4.69, 9.17) is 0 Å². The molecule has 1 heterocycles. The van der Waals surface area contributed by atoms with E-state index in [-0.39, 0.29) is 0 Å². The van der Waals surface area contributed by atoms with E-state index in [2.05, 4.69) is 13.6 Å². The van der Waals surface area contributed by atoms with Gasteiger partial charge in [0.2, 0.25) is 0 Å². The Morgan fingerprint density at radius 1 is 1.55 bits per heavy atom. The highest BCUT2D eigenvalue weighted by Crippen LogP contribution is 2.13. The van der Waals surface area contributed by atoms with Gasteiger partial charge in [-0.1, -0.05) is 6.58 Å². The van der Waals surface area contributed by atoms with Gasteiger partial charge in [-0.05, 0) is 6.08 Å². The van der Waals surface area contributed by atoms with Crippen LogP contribution in [0.25, 0.3) is 0 Å². The summed E-state index contributed by atoms with van der Waals surface area (Å²) in [5, 5.41) is 0. The normalized spacial score (nSPS) is 23.2. The fourth-order valence-electron chi connectivity index (χ4n) is 1.52. The Kier molecular flexibility index (Phi) is 2.45. The van der Waals surface area contributed by atoms with Crippen molar-refractivity contribution >= 4 is 5.78 Å². The molecular formula is C9H16NO+. The van der Waals surface area contributed by atoms with Gasteiger partial charge in [-0.15, -0.1) is 0 Å². The Morgan fingerprint density at radius 3 is 2.55 bits per heavy atom. The molecule has 0 atom stereocenters. The standard InChI is InChI=1S/C9H16NO/c1-3-6-10(2)7-4-9(11)5-8-10/h3H,1,4-8H2,2H3/q+1. The van der Waals surface area contributed by atoms with Crippen molar-refractivity contribution in [1.29, 1.82) is 0 Å². The molecule has 2 nitrogen and oxygen atoms in total. The Hall–Kier alpha value is -0.630. The molecule has 1 rings (SSSR count). The zero-order valence-electron chi connectivity index (χ0n) is 7.18. The molecule has 0 radical (unpaired) electrons. The summed E-state index contributed by atoms with van der Waals surface area (Å²) in [4.78, 5) is 10.9. The van der Waals surface area contributed by atoms with Crippen LogP contribution < -0.4 is 0 Å². The Bertz CT molecular complexity index is 164. The first-order valence-corrected chi connectivity index (χ1v) is 4.12. The zero-order chi connectivity index (χ0) is 8.32. The first-order chi connectivity index (χ1) is 5.16. The van der Waals surface area contributed by atoms with Crippen molar-refractivity contribution in [2.45, 2.75) is 12.8 Å². The highest BCUT2D eigenvalue weighted by molar-refractivity contribution is 5.78. The van der Waals surface area contributed by atoms with Crippen molar-refractivity contribution in [2.24, 2.45) is 0 Å². The van der Waals surface area contributed by atoms with E-state index in [0.29, 0.717) is 5.78 Å². The average Bonchev–Trinajstić information content (AvgIpc) is 1.97. The fourth-order valence-corrected chi connectivity index (χ4v) is 1.52. The molecule has 62 valence electrons. The second-order valence-electron chi connectivity index (χ2n) is 3.58. The van der Waals surface area contributed by atoms with Crippen molar-refractivity contribution in [2.75, 3.05) is 26.7 Å². The van der Waals surface area contributed by atoms with E-state index in [0.717, 1.165) is 37.0 Å². The van der Waals surface area contributed by atoms with Crippen molar-refractivity contribution in [3.63, 3.8) is 0 Å². The van der Waals surface area contributed by atoms with Crippen LogP contribution in [0.15, 0.2) is 12.7 Å². The van der Waals surface area contributed by atoms with Crippen molar-refractivity contribution in [3.8, 4) is 0 Å². The van der Waals surface area contributed by atoms with E-state index in [1.165, 1.54) is 0 Å². The van der Waals surface area contributed by atoms with Gasteiger partial charge in [0, 0.05) is 0 Å². The van der Waals surface area contributed by atoms with Gasteiger partial charge in [0.05, 0.1) is 39.5 Å². The van der Waals surface area contributed by atoms with Crippen LogP contribution in [0.2, 0.25) is 0 Å². The van der Waals surface area contributed by atoms with E-state index in [1.807, 2.05) is 6.08 Å². The molecule has 1 fully saturated rings. The van der Waals surface area contributed by atoms with Gasteiger partial charge in [-0.3, -0.25) is 4.79 Å². The molecule has 1 aliphatic heterocycles. The van der Waals surface area contributed by atoms with Gasteiger partial charge in [0.1, 0.15) is 5.78 Å². The average molecular weight is 154 g/mol. The van der Waals surface area contributed by atoms with Gasteiger partial charge in [0.15, 0.2) is 0 Å². The summed E-state index contributed by atoms with van der Waals surface area (Å²) in [5.74, 6) is 0.421. The maximum Gasteiger partial charge on any atom is 0.144 e. The van der Waals surface area contributed by atoms with E-state index in [1.54, 1.807) is 0 Å². The summed E-state index contributed by atoms with van der Waals surface area (Å²) in [7, 11) is 2.19. The summed E-state index contributed by atoms with van der Waals surface area (Å²) >= 11 is 0. The number of Topliss-reactive ketones (excluding diaryl/α,β-unsaturated/α-hetero) is 1. The van der Waals surface area contributed by atoms with Crippen LogP contribution in [0.5, 0.6) is 0 Å². The topological polar surface area (TPSA) is 17.1 Å². The summed E-state index contributed by atoms with van der Waals surface area (Å²) in [6.45, 7) is 6.69. The van der Waals surface area contributed by atoms with Crippen LogP contribution in [0.4, 0.5) is 0 Å². The third-order valence-electron chi connectivity index (χ3n) is 2.43. The fraction of sp³-hybridized carbons (Fsp3) is 0.667. The lowest BCUT2D eigenvalue weighted by atomic mass is 10.1. The SMILES string of the molecule is C=CC[N+]1(C)CCC(=O)CC1. The number of hydrogen-bond donors (Lipinski definition) is 0. The van der Waals surface area contributed by atoms with Crippen LogP contribution >= 0.6 is 0 Å². The quantitative estimate of drug-likeness (QED) is 0.428. The maximum atomic E-state index is 10.9. The van der Waals surface area contributed by atoms with Crippen LogP contribution in [0, 0.1) is 0 Å². The summed E-state index contributed by atoms with van der Waals surface area (Å²) in [6.07, 6.45) is 3.45. The minimum absolute atomic E-state index is 0.421. The number of nitrogens with zero attached hydrogens (tertiary/aromatic N) is 1. The van der Waals surface area contributed by atoms with Crippen molar-refractivity contribution in [3.05, 3.63) is 12.7 Å². The summed E-state index contributed by atoms with van der Waals surface area (Å²) < 4.78 is 0.995. The first kappa shape index (κ1) is 8.47. The van der Waals surface area contributed by atoms with Crippen molar-refractivity contribution < 1.29 is 9.28 Å². The molecule has 0 N–H and O–H groups in total. The predicted octanol–water partition coefficient (Wildman–Crippen LogP) is 0.982. The number of carbonyl (C=O) groups is 1. The molecule has 0 aliphatic carbocycles. The largest absolute Gasteiger partial charge is 0.322 e. The van der Waals surface area contributed by atoms with Crippen LogP contribution in [0.3, 0.4) is 0 Å². The molecule has 0 unspecified atom stereocenters. The van der Waals surface area contributed by atoms with Crippen molar-refractivity contribution in [1.82, 2.24) is 0 Å². The third kappa shape index (κ3) is 2.15. The monoisotopic (exact) mass is 154 g/mol. The Labute approximate surface area is 68.1 Å². The second-order valence-corrected chi connectivity index (χ2v) is 3.58. The predicted molar refractivity (Wildman–Crippen MR) is 45.2 cm³/mol. The minimum Gasteiger partial charge on any atom is -0.322 e. The number of carbonyl (C=O) groups excluding carboxylic acids is 1. The lowest BCUT2D eigenvalue weighted by molar-refractivity contribution is -0.905. The number of ketones is 1. The third-order valence-corrected chi connectivity index (χ3v) is 2.43. The van der Waals surface area contributed by atoms with E-state index < -0.39 is 0 Å². The molecular weight excluding hydrogens is 138 g/mol. The number of likely N-dealkylation sites (tertiary alicyclic amines) is 1. The van der Waals surface area contributed by atoms with Crippen LogP contribution in [-0.2, 0) is 4.79 Å². The second kappa shape index (κ2) is 3.18. The number of rotatable bonds is 2. The molecule has 1 saturated heterocycles. The molecule has 0 aromatic heterocycles. The van der Waals surface area contributed by atoms with Crippen LogP contribution in [0.1, 0.15) is 12.8 Å². The van der Waals surface area contributed by atoms with Gasteiger partial charge in [-0.25, -0.2) is 0 Å². The van der Waals surface area contributed by atoms with Gasteiger partial charge < -0.3 is 4.48 Å². The summed E-state index contributed by atoms with van der Waals surface area (Å²) in [5.41, 5.74) is 0. The maximum absolute atomic E-state index is 10.9.